The zero-order valence-corrected chi connectivity index (χ0v) is 90.6. The number of morpholine rings is 1. The van der Waals surface area contributed by atoms with Crippen LogP contribution in [0.25, 0.3) is 6.08 Å². The standard InChI is InChI=1S/C108H164N16O24/c1-24-66(11)91(76(59-125)57-85(129)122-54-36-43-79(122)94(144-22)68(13)98(132)111-69(14)93(131)74-38-29-26-30-39-74)119(18)104(138)89(64(7)8)117-102(136)90(65(9)10)121(20)108(142)147-61-73(56-72-46-48-77(49-47-72)113-100(134)78(42-35-52-110-106(109)140)114-101(135)87(62(3)4)115-82(126)45-33-28-34-53-124-83(127)50-51-84(124)128)60-146-107(141)118(17)71(16)99(133)116-88(63(5)6)105(139)120(19)92(67(12)25-2)81(143-21)58-86(130)123-55-37-44-80(123)96(145-23)97-103(137)112-70(15)95(148-97)75-40-31-27-32-41-75/h26-27,29-32,38-41,46-51,56,59,62-71,76,78-81,87-97,131H,24-25,28,33-37,42-45,52-55,57-58,60-61H2,1-23H3,(H,111,132)(H,112,137)(H,113,134)(H,114,135)(H,115,126)(H,116,133)(H,117,136)(H3,109,110,140)/b73-56-/t66-,67-,68+,69+,70+,71?,76-,78-,79-,80-,81+,87-,88-,89-,90-,91-,92-,93+,94+,95+,96-,97+/m0/s1. The predicted octanol–water partition coefficient (Wildman–Crippen LogP) is 8.29. The van der Waals surface area contributed by atoms with E-state index in [1.807, 2.05) is 71.0 Å². The lowest BCUT2D eigenvalue weighted by molar-refractivity contribution is -0.173. The van der Waals surface area contributed by atoms with E-state index in [-0.39, 0.29) is 86.1 Å². The van der Waals surface area contributed by atoms with Gasteiger partial charge in [-0.05, 0) is 143 Å². The summed E-state index contributed by atoms with van der Waals surface area (Å²) in [4.78, 5) is 247. The Bertz CT molecular complexity index is 4990. The number of amides is 17. The van der Waals surface area contributed by atoms with E-state index in [9.17, 15) is 72.2 Å². The topological polar surface area (TPSA) is 511 Å². The molecule has 148 heavy (non-hydrogen) atoms. The number of carbonyl (C=O) groups is 17. The van der Waals surface area contributed by atoms with E-state index >= 15 is 14.4 Å². The van der Waals surface area contributed by atoms with Crippen LogP contribution in [0.15, 0.2) is 103 Å². The normalized spacial score (nSPS) is 19.8. The number of urea groups is 1. The number of imide groups is 1. The number of likely N-dealkylation sites (tertiary alicyclic amines) is 2. The van der Waals surface area contributed by atoms with Crippen molar-refractivity contribution in [3.63, 3.8) is 0 Å². The molecule has 1 unspecified atom stereocenters. The summed E-state index contributed by atoms with van der Waals surface area (Å²) in [6.45, 7) is 27.7. The van der Waals surface area contributed by atoms with Crippen molar-refractivity contribution in [1.29, 1.82) is 0 Å². The average Bonchev–Trinajstić information content (AvgIpc) is 1.11. The summed E-state index contributed by atoms with van der Waals surface area (Å²) in [5.74, 6) is -11.4. The lowest BCUT2D eigenvalue weighted by atomic mass is 9.84. The molecule has 0 spiro atoms. The number of likely N-dealkylation sites (N-methyl/N-ethyl adjacent to an activating group) is 4. The second kappa shape index (κ2) is 59.2. The van der Waals surface area contributed by atoms with Gasteiger partial charge in [0.05, 0.1) is 60.9 Å². The Balaban J connectivity index is 1.09. The number of hydrogen-bond donors (Lipinski definition) is 10. The molecule has 4 aliphatic rings. The number of nitrogens with zero attached hydrogens (tertiary/aromatic N) is 7. The van der Waals surface area contributed by atoms with Crippen LogP contribution in [0.5, 0.6) is 0 Å². The third kappa shape index (κ3) is 33.9. The van der Waals surface area contributed by atoms with Gasteiger partial charge in [-0.3, -0.25) is 77.0 Å². The Morgan fingerprint density at radius 1 is 0.574 bits per heavy atom. The molecule has 3 aromatic rings. The molecule has 3 saturated heterocycles. The highest BCUT2D eigenvalue weighted by atomic mass is 16.6. The minimum atomic E-state index is -1.32. The lowest BCUT2D eigenvalue weighted by Crippen LogP contribution is -2.60. The molecule has 0 saturated carbocycles. The number of aliphatic hydroxyl groups is 1. The van der Waals surface area contributed by atoms with Crippen molar-refractivity contribution >= 4 is 113 Å². The highest BCUT2D eigenvalue weighted by Gasteiger charge is 2.50. The van der Waals surface area contributed by atoms with Crippen LogP contribution in [0.2, 0.25) is 0 Å². The molecular formula is C108H164N16O24. The number of nitrogens with two attached hydrogens (primary N) is 1. The molecule has 17 amide bonds. The molecule has 3 fully saturated rings. The van der Waals surface area contributed by atoms with Gasteiger partial charge in [-0.25, -0.2) is 14.4 Å². The molecule has 0 aliphatic carbocycles. The van der Waals surface area contributed by atoms with Crippen LogP contribution >= 0.6 is 0 Å². The molecule has 820 valence electrons. The summed E-state index contributed by atoms with van der Waals surface area (Å²) in [5, 5.41) is 33.7. The number of ether oxygens (including phenoxy) is 6. The monoisotopic (exact) mass is 2070 g/mol. The van der Waals surface area contributed by atoms with E-state index in [1.165, 1.54) is 89.6 Å². The largest absolute Gasteiger partial charge is 0.445 e. The first-order valence-corrected chi connectivity index (χ1v) is 52.0. The fourth-order valence-electron chi connectivity index (χ4n) is 19.9. The van der Waals surface area contributed by atoms with Gasteiger partial charge in [0.25, 0.3) is 17.7 Å². The van der Waals surface area contributed by atoms with Gasteiger partial charge in [0.1, 0.15) is 68.0 Å². The van der Waals surface area contributed by atoms with Gasteiger partial charge in [0, 0.05) is 124 Å². The lowest BCUT2D eigenvalue weighted by Gasteiger charge is -2.42. The molecule has 22 atom stereocenters. The fourth-order valence-corrected chi connectivity index (χ4v) is 19.9. The minimum absolute atomic E-state index is 0.0150. The molecule has 40 heteroatoms. The van der Waals surface area contributed by atoms with Gasteiger partial charge in [-0.1, -0.05) is 182 Å². The van der Waals surface area contributed by atoms with E-state index in [0.29, 0.717) is 88.3 Å². The van der Waals surface area contributed by atoms with Crippen molar-refractivity contribution in [2.75, 3.05) is 94.2 Å². The third-order valence-corrected chi connectivity index (χ3v) is 29.0. The number of methoxy groups -OCH3 is 3. The summed E-state index contributed by atoms with van der Waals surface area (Å²) in [7, 11) is 10.2. The SMILES string of the molecule is CC[C@H](C)[C@@H]([C@H](C=O)CC(=O)N1CCC[C@H]1[C@H](OC)[C@@H](C)C(=O)N[C@H](C)[C@@H](O)c1ccccc1)N(C)C(=O)[C@@H](NC(=O)[C@H](C(C)C)N(C)C(=O)OC/C(=C\c1ccc(NC(=O)[C@H](CCCNC(N)=O)NC(=O)[C@@H](NC(=O)CCCCCN2C(=O)C=CC2=O)C(C)C)cc1)COC(=O)N(C)C(C)C(=O)N[C@H](C(=O)N(C)[C@@H]([C@@H](C)CC)[C@@H](CC(=O)N1CCC[C@H]1[C@H](OC)[C@H]1O[C@@H](c2ccccc2)[C@@H](C)NC1=O)OC)C(C)C)C(C)C. The van der Waals surface area contributed by atoms with Gasteiger partial charge in [0.2, 0.25) is 59.1 Å². The van der Waals surface area contributed by atoms with E-state index in [0.717, 1.165) is 20.3 Å². The maximum Gasteiger partial charge on any atom is 0.410 e. The number of unbranched alkanes of at least 4 members (excludes halogenated alkanes) is 2. The van der Waals surface area contributed by atoms with E-state index in [2.05, 4.69) is 42.5 Å². The number of primary amides is 1. The number of aliphatic hydroxyl groups excluding tert-OH is 1. The van der Waals surface area contributed by atoms with Crippen LogP contribution in [-0.2, 0) is 95.5 Å². The molecule has 0 aromatic heterocycles. The van der Waals surface area contributed by atoms with Gasteiger partial charge in [-0.15, -0.1) is 0 Å². The Kier molecular flexibility index (Phi) is 49.1. The van der Waals surface area contributed by atoms with Crippen molar-refractivity contribution in [2.24, 2.45) is 53.1 Å². The van der Waals surface area contributed by atoms with Gasteiger partial charge in [0.15, 0.2) is 6.10 Å². The zero-order chi connectivity index (χ0) is 110. The first kappa shape index (κ1) is 123. The van der Waals surface area contributed by atoms with Crippen molar-refractivity contribution in [2.45, 2.75) is 310 Å². The van der Waals surface area contributed by atoms with E-state index < -0.39 is 235 Å². The maximum absolute atomic E-state index is 15.2. The van der Waals surface area contributed by atoms with Crippen molar-refractivity contribution in [3.8, 4) is 0 Å². The Morgan fingerprint density at radius 2 is 1.11 bits per heavy atom. The fraction of sp³-hybridized carbons (Fsp3) is 0.639. The number of anilines is 1. The summed E-state index contributed by atoms with van der Waals surface area (Å²) in [6, 6.07) is 12.6. The van der Waals surface area contributed by atoms with Crippen molar-refractivity contribution in [3.05, 3.63) is 119 Å². The molecule has 0 radical (unpaired) electrons. The maximum atomic E-state index is 15.2. The van der Waals surface area contributed by atoms with Crippen molar-refractivity contribution in [1.82, 2.24) is 71.5 Å². The van der Waals surface area contributed by atoms with Gasteiger partial charge >= 0.3 is 18.2 Å². The molecule has 40 nitrogen and oxygen atoms in total. The number of rotatable bonds is 57. The van der Waals surface area contributed by atoms with Crippen LogP contribution in [0, 0.1) is 47.3 Å². The highest BCUT2D eigenvalue weighted by molar-refractivity contribution is 6.13. The van der Waals surface area contributed by atoms with Crippen molar-refractivity contribution < 1.29 is 115 Å². The molecule has 7 rings (SSSR count). The summed E-state index contributed by atoms with van der Waals surface area (Å²) < 4.78 is 36.7. The molecular weight excluding hydrogens is 1910 g/mol. The first-order chi connectivity index (χ1) is 70.1. The van der Waals surface area contributed by atoms with E-state index in [1.54, 1.807) is 122 Å². The number of nitrogens with one attached hydrogen (secondary N) is 8. The number of carbonyl (C=O) groups excluding carboxylic acids is 17. The predicted molar refractivity (Wildman–Crippen MR) is 555 cm³/mol. The summed E-state index contributed by atoms with van der Waals surface area (Å²) >= 11 is 0. The van der Waals surface area contributed by atoms with Gasteiger partial charge in [-0.2, -0.15) is 0 Å². The van der Waals surface area contributed by atoms with Crippen LogP contribution in [0.1, 0.15) is 230 Å². The second-order valence-corrected chi connectivity index (χ2v) is 41.1. The smallest absolute Gasteiger partial charge is 0.410 e. The second-order valence-electron chi connectivity index (χ2n) is 41.1. The average molecular weight is 2070 g/mol. The highest BCUT2D eigenvalue weighted by Crippen LogP contribution is 2.37. The Labute approximate surface area is 871 Å². The number of hydrogen-bond acceptors (Lipinski definition) is 24. The Morgan fingerprint density at radius 3 is 1.66 bits per heavy atom. The van der Waals surface area contributed by atoms with Crippen LogP contribution in [0.4, 0.5) is 20.1 Å². The third-order valence-electron chi connectivity index (χ3n) is 29.0. The quantitative estimate of drug-likeness (QED) is 0.0144. The Hall–Kier alpha value is -12.3. The summed E-state index contributed by atoms with van der Waals surface area (Å²) in [6.07, 6.45) is 1.69. The zero-order valence-electron chi connectivity index (χ0n) is 90.6. The number of benzene rings is 3. The van der Waals surface area contributed by atoms with Crippen LogP contribution < -0.4 is 48.3 Å². The van der Waals surface area contributed by atoms with Crippen LogP contribution in [-0.4, -0.2) is 327 Å². The van der Waals surface area contributed by atoms with Crippen LogP contribution in [0.3, 0.4) is 0 Å². The molecule has 4 aliphatic heterocycles. The molecule has 3 aromatic carbocycles. The first-order valence-electron chi connectivity index (χ1n) is 52.0. The molecule has 4 heterocycles. The molecule has 0 bridgehead atoms. The van der Waals surface area contributed by atoms with E-state index in [4.69, 9.17) is 34.2 Å². The number of aldehydes is 1. The molecule has 11 N–H and O–H groups in total. The summed E-state index contributed by atoms with van der Waals surface area (Å²) in [5.41, 5.74) is 7.56. The minimum Gasteiger partial charge on any atom is -0.445 e. The van der Waals surface area contributed by atoms with Gasteiger partial charge < -0.3 is 106 Å².